The fraction of sp³-hybridized carbons (Fsp3) is 0.467. The smallest absolute Gasteiger partial charge is 0.234 e. The van der Waals surface area contributed by atoms with Gasteiger partial charge >= 0.3 is 0 Å². The number of amides is 2. The summed E-state index contributed by atoms with van der Waals surface area (Å²) in [6.45, 7) is 3.93. The molecule has 0 aliphatic heterocycles. The second-order valence-electron chi connectivity index (χ2n) is 5.91. The van der Waals surface area contributed by atoms with Gasteiger partial charge in [0, 0.05) is 29.1 Å². The van der Waals surface area contributed by atoms with Crippen molar-refractivity contribution >= 4 is 23.2 Å². The zero-order valence-electron chi connectivity index (χ0n) is 12.5. The topological polar surface area (TPSA) is 101 Å². The third kappa shape index (κ3) is 4.28. The molecule has 0 radical (unpaired) electrons. The molecule has 1 aliphatic carbocycles. The summed E-state index contributed by atoms with van der Waals surface area (Å²) in [6.07, 6.45) is 0.741. The summed E-state index contributed by atoms with van der Waals surface area (Å²) >= 11 is 0. The standard InChI is InChI=1S/C15H19N3O4/c1-9(2)7-14(19)16-10-3-5-11(6-4-10)17-15(20)12-8-13(12)18(21)22/h3-6,9,12-13H,7-8H2,1-2H3,(H,16,19)(H,17,20). The molecule has 2 unspecified atom stereocenters. The lowest BCUT2D eigenvalue weighted by atomic mass is 10.1. The van der Waals surface area contributed by atoms with Gasteiger partial charge in [-0.15, -0.1) is 0 Å². The van der Waals surface area contributed by atoms with E-state index in [-0.39, 0.29) is 17.7 Å². The summed E-state index contributed by atoms with van der Waals surface area (Å²) in [5.41, 5.74) is 1.21. The Kier molecular flexibility index (Phi) is 4.75. The summed E-state index contributed by atoms with van der Waals surface area (Å²) in [7, 11) is 0. The Hall–Kier alpha value is -2.44. The number of carbonyl (C=O) groups is 2. The summed E-state index contributed by atoms with van der Waals surface area (Å²) in [6, 6.07) is 5.94. The maximum absolute atomic E-state index is 11.8. The maximum Gasteiger partial charge on any atom is 0.234 e. The van der Waals surface area contributed by atoms with Crippen LogP contribution in [0, 0.1) is 22.0 Å². The third-order valence-electron chi connectivity index (χ3n) is 3.39. The highest BCUT2D eigenvalue weighted by atomic mass is 16.6. The van der Waals surface area contributed by atoms with E-state index in [0.29, 0.717) is 24.2 Å². The van der Waals surface area contributed by atoms with Crippen molar-refractivity contribution in [2.75, 3.05) is 10.6 Å². The van der Waals surface area contributed by atoms with Gasteiger partial charge in [0.1, 0.15) is 5.92 Å². The quantitative estimate of drug-likeness (QED) is 0.621. The van der Waals surface area contributed by atoms with Crippen LogP contribution in [0.3, 0.4) is 0 Å². The Morgan fingerprint density at radius 2 is 1.77 bits per heavy atom. The Morgan fingerprint density at radius 1 is 1.23 bits per heavy atom. The predicted octanol–water partition coefficient (Wildman–Crippen LogP) is 2.27. The van der Waals surface area contributed by atoms with E-state index >= 15 is 0 Å². The van der Waals surface area contributed by atoms with Gasteiger partial charge in [-0.25, -0.2) is 0 Å². The number of rotatable bonds is 6. The van der Waals surface area contributed by atoms with E-state index in [4.69, 9.17) is 0 Å². The van der Waals surface area contributed by atoms with E-state index in [0.717, 1.165) is 0 Å². The number of benzene rings is 1. The molecule has 7 nitrogen and oxygen atoms in total. The minimum atomic E-state index is -0.755. The van der Waals surface area contributed by atoms with Gasteiger partial charge in [-0.05, 0) is 30.2 Å². The van der Waals surface area contributed by atoms with Crippen LogP contribution >= 0.6 is 0 Å². The van der Waals surface area contributed by atoms with Crippen molar-refractivity contribution < 1.29 is 14.5 Å². The number of hydrogen-bond acceptors (Lipinski definition) is 4. The van der Waals surface area contributed by atoms with Gasteiger partial charge in [0.2, 0.25) is 17.9 Å². The molecule has 0 aromatic heterocycles. The number of hydrogen-bond donors (Lipinski definition) is 2. The summed E-state index contributed by atoms with van der Waals surface area (Å²) in [5.74, 6) is -0.649. The van der Waals surface area contributed by atoms with Crippen LogP contribution in [0.15, 0.2) is 24.3 Å². The molecule has 0 bridgehead atoms. The molecule has 2 rings (SSSR count). The first-order chi connectivity index (χ1) is 10.4. The first-order valence-electron chi connectivity index (χ1n) is 7.21. The lowest BCUT2D eigenvalue weighted by Crippen LogP contribution is -2.18. The fourth-order valence-corrected chi connectivity index (χ4v) is 2.15. The van der Waals surface area contributed by atoms with Crippen LogP contribution < -0.4 is 10.6 Å². The van der Waals surface area contributed by atoms with E-state index in [9.17, 15) is 19.7 Å². The molecule has 2 amide bonds. The molecule has 0 saturated heterocycles. The van der Waals surface area contributed by atoms with Gasteiger partial charge in [0.05, 0.1) is 0 Å². The molecule has 22 heavy (non-hydrogen) atoms. The van der Waals surface area contributed by atoms with Crippen molar-refractivity contribution in [3.8, 4) is 0 Å². The van der Waals surface area contributed by atoms with Crippen molar-refractivity contribution in [1.29, 1.82) is 0 Å². The number of nitrogens with one attached hydrogen (secondary N) is 2. The third-order valence-corrected chi connectivity index (χ3v) is 3.39. The van der Waals surface area contributed by atoms with Gasteiger partial charge in [0.25, 0.3) is 0 Å². The van der Waals surface area contributed by atoms with E-state index in [1.54, 1.807) is 24.3 Å². The van der Waals surface area contributed by atoms with Crippen LogP contribution in [-0.4, -0.2) is 22.8 Å². The van der Waals surface area contributed by atoms with Gasteiger partial charge in [-0.3, -0.25) is 19.7 Å². The van der Waals surface area contributed by atoms with Gasteiger partial charge in [-0.1, -0.05) is 13.8 Å². The minimum absolute atomic E-state index is 0.0569. The Bertz CT molecular complexity index is 583. The Labute approximate surface area is 128 Å². The number of nitro groups is 1. The zero-order valence-corrected chi connectivity index (χ0v) is 12.5. The van der Waals surface area contributed by atoms with Crippen LogP contribution in [0.1, 0.15) is 26.7 Å². The van der Waals surface area contributed by atoms with Gasteiger partial charge < -0.3 is 10.6 Å². The number of anilines is 2. The van der Waals surface area contributed by atoms with E-state index in [1.807, 2.05) is 13.8 Å². The second kappa shape index (κ2) is 6.55. The minimum Gasteiger partial charge on any atom is -0.326 e. The molecule has 118 valence electrons. The molecule has 1 fully saturated rings. The molecule has 1 aliphatic rings. The van der Waals surface area contributed by atoms with Gasteiger partial charge in [-0.2, -0.15) is 0 Å². The first kappa shape index (κ1) is 15.9. The molecule has 1 saturated carbocycles. The SMILES string of the molecule is CC(C)CC(=O)Nc1ccc(NC(=O)C2CC2[N+](=O)[O-])cc1. The molecular weight excluding hydrogens is 286 g/mol. The molecule has 0 heterocycles. The monoisotopic (exact) mass is 305 g/mol. The molecule has 0 spiro atoms. The van der Waals surface area contributed by atoms with Crippen molar-refractivity contribution in [3.05, 3.63) is 34.4 Å². The highest BCUT2D eigenvalue weighted by Crippen LogP contribution is 2.34. The van der Waals surface area contributed by atoms with Crippen LogP contribution in [0.25, 0.3) is 0 Å². The van der Waals surface area contributed by atoms with E-state index in [1.165, 1.54) is 0 Å². The molecule has 2 atom stereocenters. The maximum atomic E-state index is 11.8. The zero-order chi connectivity index (χ0) is 16.3. The first-order valence-corrected chi connectivity index (χ1v) is 7.21. The molecular formula is C15H19N3O4. The highest BCUT2D eigenvalue weighted by Gasteiger charge is 2.53. The second-order valence-corrected chi connectivity index (χ2v) is 5.91. The Balaban J connectivity index is 1.86. The van der Waals surface area contributed by atoms with E-state index in [2.05, 4.69) is 10.6 Å². The molecule has 7 heteroatoms. The number of carbonyl (C=O) groups excluding carboxylic acids is 2. The highest BCUT2D eigenvalue weighted by molar-refractivity contribution is 5.95. The largest absolute Gasteiger partial charge is 0.326 e. The van der Waals surface area contributed by atoms with Crippen LogP contribution in [-0.2, 0) is 9.59 Å². The summed E-state index contributed by atoms with van der Waals surface area (Å²) < 4.78 is 0. The fourth-order valence-electron chi connectivity index (χ4n) is 2.15. The van der Waals surface area contributed by atoms with Crippen molar-refractivity contribution in [2.45, 2.75) is 32.7 Å². The molecule has 2 N–H and O–H groups in total. The lowest BCUT2D eigenvalue weighted by molar-refractivity contribution is -0.497. The average Bonchev–Trinajstić information content (AvgIpc) is 3.20. The van der Waals surface area contributed by atoms with Gasteiger partial charge in [0.15, 0.2) is 0 Å². The average molecular weight is 305 g/mol. The van der Waals surface area contributed by atoms with Crippen LogP contribution in [0.5, 0.6) is 0 Å². The Morgan fingerprint density at radius 3 is 2.23 bits per heavy atom. The van der Waals surface area contributed by atoms with Crippen LogP contribution in [0.4, 0.5) is 11.4 Å². The molecule has 1 aromatic rings. The number of nitrogens with zero attached hydrogens (tertiary/aromatic N) is 1. The lowest BCUT2D eigenvalue weighted by Gasteiger charge is -2.08. The molecule has 1 aromatic carbocycles. The van der Waals surface area contributed by atoms with Crippen molar-refractivity contribution in [2.24, 2.45) is 11.8 Å². The summed E-state index contributed by atoms with van der Waals surface area (Å²) in [4.78, 5) is 33.5. The predicted molar refractivity (Wildman–Crippen MR) is 82.0 cm³/mol. The van der Waals surface area contributed by atoms with Crippen molar-refractivity contribution in [1.82, 2.24) is 0 Å². The summed E-state index contributed by atoms with van der Waals surface area (Å²) in [5, 5.41) is 16.0. The normalized spacial score (nSPS) is 19.6. The van der Waals surface area contributed by atoms with Crippen LogP contribution in [0.2, 0.25) is 0 Å². The van der Waals surface area contributed by atoms with E-state index < -0.39 is 16.9 Å². The van der Waals surface area contributed by atoms with Crippen molar-refractivity contribution in [3.63, 3.8) is 0 Å².